The van der Waals surface area contributed by atoms with Gasteiger partial charge in [0.25, 0.3) is 0 Å². The van der Waals surface area contributed by atoms with Crippen LogP contribution in [0, 0.1) is 5.92 Å². The number of para-hydroxylation sites is 1. The van der Waals surface area contributed by atoms with Crippen LogP contribution in [0.15, 0.2) is 28.6 Å². The van der Waals surface area contributed by atoms with Crippen LogP contribution in [0.25, 0.3) is 10.2 Å². The van der Waals surface area contributed by atoms with Crippen molar-refractivity contribution in [2.45, 2.75) is 36.6 Å². The quantitative estimate of drug-likeness (QED) is 0.616. The summed E-state index contributed by atoms with van der Waals surface area (Å²) in [6.07, 6.45) is 1.10. The maximum absolute atomic E-state index is 12.5. The number of ether oxygens (including phenoxy) is 1. The standard InChI is InChI=1S/C16H17NO3S2/c1-3-10-8-14(19)20-16(10,2)13(18)9-21-15-17-11-6-4-5-7-12(11)22-15/h4-7,10H,3,8-9H2,1-2H3/t10-,16+/m0/s1. The zero-order chi connectivity index (χ0) is 15.7. The number of thiazole rings is 1. The average Bonchev–Trinajstić information content (AvgIpc) is 3.05. The number of nitrogens with zero attached hydrogens (tertiary/aromatic N) is 1. The predicted molar refractivity (Wildman–Crippen MR) is 88.2 cm³/mol. The molecule has 1 aliphatic heterocycles. The minimum atomic E-state index is -0.977. The molecular formula is C16H17NO3S2. The summed E-state index contributed by atoms with van der Waals surface area (Å²) in [6.45, 7) is 3.73. The van der Waals surface area contributed by atoms with Crippen molar-refractivity contribution >= 4 is 45.1 Å². The molecule has 3 rings (SSSR count). The van der Waals surface area contributed by atoms with Crippen molar-refractivity contribution in [3.8, 4) is 0 Å². The highest BCUT2D eigenvalue weighted by atomic mass is 32.2. The lowest BCUT2D eigenvalue weighted by Gasteiger charge is -2.26. The number of carbonyl (C=O) groups excluding carboxylic acids is 2. The van der Waals surface area contributed by atoms with Crippen molar-refractivity contribution < 1.29 is 14.3 Å². The molecule has 0 radical (unpaired) electrons. The number of thioether (sulfide) groups is 1. The fourth-order valence-electron chi connectivity index (χ4n) is 2.76. The number of benzene rings is 1. The van der Waals surface area contributed by atoms with Gasteiger partial charge in [-0.1, -0.05) is 30.8 Å². The fourth-order valence-corrected chi connectivity index (χ4v) is 4.84. The number of hydrogen-bond acceptors (Lipinski definition) is 6. The first-order valence-electron chi connectivity index (χ1n) is 7.26. The van der Waals surface area contributed by atoms with Gasteiger partial charge in [0, 0.05) is 5.92 Å². The van der Waals surface area contributed by atoms with Gasteiger partial charge in [0.2, 0.25) is 0 Å². The molecule has 22 heavy (non-hydrogen) atoms. The SMILES string of the molecule is CC[C@H]1CC(=O)O[C@@]1(C)C(=O)CSc1nc2ccccc2s1. The molecule has 2 atom stereocenters. The lowest BCUT2D eigenvalue weighted by atomic mass is 9.84. The molecule has 0 saturated carbocycles. The Morgan fingerprint density at radius 3 is 3.00 bits per heavy atom. The van der Waals surface area contributed by atoms with E-state index in [4.69, 9.17) is 4.74 Å². The number of esters is 1. The van der Waals surface area contributed by atoms with E-state index in [9.17, 15) is 9.59 Å². The van der Waals surface area contributed by atoms with Gasteiger partial charge in [0.15, 0.2) is 15.7 Å². The number of ketones is 1. The zero-order valence-electron chi connectivity index (χ0n) is 12.5. The van der Waals surface area contributed by atoms with E-state index in [1.165, 1.54) is 11.8 Å². The molecule has 1 aliphatic rings. The Balaban J connectivity index is 1.70. The van der Waals surface area contributed by atoms with Gasteiger partial charge in [-0.2, -0.15) is 0 Å². The summed E-state index contributed by atoms with van der Waals surface area (Å²) in [5.74, 6) is -0.0503. The van der Waals surface area contributed by atoms with Crippen LogP contribution in [-0.4, -0.2) is 28.1 Å². The Morgan fingerprint density at radius 1 is 1.50 bits per heavy atom. The molecular weight excluding hydrogens is 318 g/mol. The Morgan fingerprint density at radius 2 is 2.27 bits per heavy atom. The van der Waals surface area contributed by atoms with E-state index in [1.807, 2.05) is 31.2 Å². The molecule has 1 fully saturated rings. The molecule has 2 aromatic rings. The molecule has 0 aliphatic carbocycles. The van der Waals surface area contributed by atoms with Crippen molar-refractivity contribution in [3.63, 3.8) is 0 Å². The molecule has 1 aromatic heterocycles. The third-order valence-electron chi connectivity index (χ3n) is 4.17. The second-order valence-electron chi connectivity index (χ2n) is 5.55. The van der Waals surface area contributed by atoms with Crippen LogP contribution in [0.1, 0.15) is 26.7 Å². The lowest BCUT2D eigenvalue weighted by Crippen LogP contribution is -2.42. The second kappa shape index (κ2) is 6.01. The number of cyclic esters (lactones) is 1. The minimum absolute atomic E-state index is 0.0246. The van der Waals surface area contributed by atoms with E-state index >= 15 is 0 Å². The molecule has 0 N–H and O–H groups in total. The third-order valence-corrected chi connectivity index (χ3v) is 6.34. The van der Waals surface area contributed by atoms with E-state index < -0.39 is 5.60 Å². The first-order valence-corrected chi connectivity index (χ1v) is 9.06. The summed E-state index contributed by atoms with van der Waals surface area (Å²) in [6, 6.07) is 7.91. The third kappa shape index (κ3) is 2.77. The average molecular weight is 335 g/mol. The van der Waals surface area contributed by atoms with Crippen LogP contribution in [0.2, 0.25) is 0 Å². The van der Waals surface area contributed by atoms with E-state index in [2.05, 4.69) is 4.98 Å². The number of aromatic nitrogens is 1. The van der Waals surface area contributed by atoms with Crippen LogP contribution < -0.4 is 0 Å². The zero-order valence-corrected chi connectivity index (χ0v) is 14.1. The number of hydrogen-bond donors (Lipinski definition) is 0. The Bertz CT molecular complexity index is 694. The summed E-state index contributed by atoms with van der Waals surface area (Å²) in [5, 5.41) is 0. The second-order valence-corrected chi connectivity index (χ2v) is 7.80. The van der Waals surface area contributed by atoms with E-state index in [0.29, 0.717) is 6.42 Å². The maximum atomic E-state index is 12.5. The van der Waals surface area contributed by atoms with Crippen LogP contribution >= 0.6 is 23.1 Å². The van der Waals surface area contributed by atoms with Gasteiger partial charge in [-0.15, -0.1) is 11.3 Å². The molecule has 6 heteroatoms. The topological polar surface area (TPSA) is 56.3 Å². The van der Waals surface area contributed by atoms with Crippen molar-refractivity contribution in [2.75, 3.05) is 5.75 Å². The van der Waals surface area contributed by atoms with Gasteiger partial charge in [-0.05, 0) is 25.5 Å². The largest absolute Gasteiger partial charge is 0.451 e. The molecule has 0 unspecified atom stereocenters. The molecule has 0 spiro atoms. The Hall–Kier alpha value is -1.40. The van der Waals surface area contributed by atoms with Crippen molar-refractivity contribution in [2.24, 2.45) is 5.92 Å². The van der Waals surface area contributed by atoms with E-state index in [0.717, 1.165) is 21.0 Å². The monoisotopic (exact) mass is 335 g/mol. The van der Waals surface area contributed by atoms with Crippen LogP contribution in [0.5, 0.6) is 0 Å². The molecule has 0 amide bonds. The Labute approximate surface area is 137 Å². The number of Topliss-reactive ketones (excluding diaryl/α,β-unsaturated/α-hetero) is 1. The maximum Gasteiger partial charge on any atom is 0.307 e. The summed E-state index contributed by atoms with van der Waals surface area (Å²) >= 11 is 3.00. The number of carbonyl (C=O) groups is 2. The molecule has 4 nitrogen and oxygen atoms in total. The molecule has 0 bridgehead atoms. The van der Waals surface area contributed by atoms with Crippen LogP contribution in [0.3, 0.4) is 0 Å². The highest BCUT2D eigenvalue weighted by Crippen LogP contribution is 2.38. The van der Waals surface area contributed by atoms with E-state index in [1.54, 1.807) is 18.3 Å². The fraction of sp³-hybridized carbons (Fsp3) is 0.438. The van der Waals surface area contributed by atoms with Gasteiger partial charge >= 0.3 is 5.97 Å². The number of rotatable bonds is 5. The highest BCUT2D eigenvalue weighted by Gasteiger charge is 2.49. The number of fused-ring (bicyclic) bond motifs is 1. The van der Waals surface area contributed by atoms with Gasteiger partial charge in [-0.3, -0.25) is 9.59 Å². The minimum Gasteiger partial charge on any atom is -0.451 e. The van der Waals surface area contributed by atoms with Crippen molar-refractivity contribution in [3.05, 3.63) is 24.3 Å². The summed E-state index contributed by atoms with van der Waals surface area (Å²) in [4.78, 5) is 28.6. The molecule has 1 aromatic carbocycles. The van der Waals surface area contributed by atoms with Crippen molar-refractivity contribution in [1.29, 1.82) is 0 Å². The molecule has 1 saturated heterocycles. The smallest absolute Gasteiger partial charge is 0.307 e. The lowest BCUT2D eigenvalue weighted by molar-refractivity contribution is -0.156. The van der Waals surface area contributed by atoms with Crippen LogP contribution in [0.4, 0.5) is 0 Å². The highest BCUT2D eigenvalue weighted by molar-refractivity contribution is 8.01. The summed E-state index contributed by atoms with van der Waals surface area (Å²) in [7, 11) is 0. The first kappa shape index (κ1) is 15.5. The first-order chi connectivity index (χ1) is 10.5. The van der Waals surface area contributed by atoms with Crippen molar-refractivity contribution in [1.82, 2.24) is 4.98 Å². The van der Waals surface area contributed by atoms with Gasteiger partial charge in [0.1, 0.15) is 0 Å². The van der Waals surface area contributed by atoms with Gasteiger partial charge in [0.05, 0.1) is 22.4 Å². The molecule has 2 heterocycles. The Kier molecular flexibility index (Phi) is 4.23. The van der Waals surface area contributed by atoms with Gasteiger partial charge in [-0.25, -0.2) is 4.98 Å². The van der Waals surface area contributed by atoms with Gasteiger partial charge < -0.3 is 4.74 Å². The normalized spacial score (nSPS) is 24.6. The summed E-state index contributed by atoms with van der Waals surface area (Å²) in [5.41, 5.74) is -0.0254. The van der Waals surface area contributed by atoms with Crippen LogP contribution in [-0.2, 0) is 14.3 Å². The summed E-state index contributed by atoms with van der Waals surface area (Å²) < 4.78 is 7.33. The van der Waals surface area contributed by atoms with E-state index in [-0.39, 0.29) is 23.4 Å². The molecule has 116 valence electrons. The predicted octanol–water partition coefficient (Wildman–Crippen LogP) is 3.69.